The highest BCUT2D eigenvalue weighted by atomic mass is 16.5. The Labute approximate surface area is 46.5 Å². The van der Waals surface area contributed by atoms with Crippen LogP contribution in [0.25, 0.3) is 0 Å². The lowest BCUT2D eigenvalue weighted by molar-refractivity contribution is 0.252. The van der Waals surface area contributed by atoms with E-state index in [0.717, 1.165) is 0 Å². The third-order valence-electron chi connectivity index (χ3n) is 0.853. The van der Waals surface area contributed by atoms with Crippen LogP contribution in [0, 0.1) is 0 Å². The molecular formula is C4H6N2O2. The van der Waals surface area contributed by atoms with Gasteiger partial charge < -0.3 is 10.1 Å². The minimum atomic E-state index is -0.318. The van der Waals surface area contributed by atoms with Crippen LogP contribution in [0.1, 0.15) is 0 Å². The summed E-state index contributed by atoms with van der Waals surface area (Å²) in [5, 5.41) is 2.45. The summed E-state index contributed by atoms with van der Waals surface area (Å²) in [4.78, 5) is 13.7. The number of nitrogens with zero attached hydrogens (tertiary/aromatic N) is 1. The maximum atomic E-state index is 10.2. The molecule has 2 amide bonds. The van der Waals surface area contributed by atoms with E-state index in [1.807, 2.05) is 0 Å². The average molecular weight is 114 g/mol. The van der Waals surface area contributed by atoms with E-state index >= 15 is 0 Å². The maximum Gasteiger partial charge on any atom is 0.344 e. The van der Waals surface area contributed by atoms with Crippen molar-refractivity contribution in [3.05, 3.63) is 0 Å². The number of ether oxygens (including phenoxy) is 1. The second kappa shape index (κ2) is 1.81. The molecule has 0 aliphatic carbocycles. The molecule has 1 rings (SSSR count). The number of amides is 2. The molecule has 4 nitrogen and oxygen atoms in total. The largest absolute Gasteiger partial charge is 0.483 e. The van der Waals surface area contributed by atoms with Gasteiger partial charge in [0.25, 0.3) is 0 Å². The molecule has 0 saturated carbocycles. The predicted octanol–water partition coefficient (Wildman–Crippen LogP) is -0.245. The standard InChI is InChI=1S/C4H6N2O2/c1-8-3-2-5-4(7)6-3/h2H2,1H3,(H,5,7). The molecule has 1 aliphatic heterocycles. The molecule has 1 N–H and O–H groups in total. The number of carbonyl (C=O) groups is 1. The highest BCUT2D eigenvalue weighted by Gasteiger charge is 2.10. The topological polar surface area (TPSA) is 50.7 Å². The van der Waals surface area contributed by atoms with E-state index in [1.54, 1.807) is 0 Å². The number of rotatable bonds is 0. The molecular weight excluding hydrogens is 108 g/mol. The van der Waals surface area contributed by atoms with Crippen molar-refractivity contribution < 1.29 is 9.53 Å². The highest BCUT2D eigenvalue weighted by Crippen LogP contribution is 1.88. The van der Waals surface area contributed by atoms with Gasteiger partial charge in [-0.25, -0.2) is 4.79 Å². The van der Waals surface area contributed by atoms with Crippen molar-refractivity contribution in [3.8, 4) is 0 Å². The first kappa shape index (κ1) is 5.08. The third-order valence-corrected chi connectivity index (χ3v) is 0.853. The second-order valence-electron chi connectivity index (χ2n) is 1.37. The molecule has 1 heterocycles. The summed E-state index contributed by atoms with van der Waals surface area (Å²) in [6.07, 6.45) is 0. The summed E-state index contributed by atoms with van der Waals surface area (Å²) in [5.74, 6) is 0.454. The fourth-order valence-electron chi connectivity index (χ4n) is 0.461. The summed E-state index contributed by atoms with van der Waals surface area (Å²) in [7, 11) is 1.49. The lowest BCUT2D eigenvalue weighted by Crippen LogP contribution is -2.16. The Balaban J connectivity index is 2.57. The highest BCUT2D eigenvalue weighted by molar-refractivity contribution is 5.98. The van der Waals surface area contributed by atoms with Gasteiger partial charge in [-0.3, -0.25) is 0 Å². The molecule has 0 spiro atoms. The van der Waals surface area contributed by atoms with E-state index in [4.69, 9.17) is 0 Å². The zero-order valence-corrected chi connectivity index (χ0v) is 4.47. The van der Waals surface area contributed by atoms with Gasteiger partial charge in [-0.1, -0.05) is 0 Å². The first-order valence-electron chi connectivity index (χ1n) is 2.22. The van der Waals surface area contributed by atoms with Gasteiger partial charge in [0.1, 0.15) is 0 Å². The average Bonchev–Trinajstić information content (AvgIpc) is 2.14. The number of methoxy groups -OCH3 is 1. The van der Waals surface area contributed by atoms with Crippen LogP contribution in [-0.4, -0.2) is 25.6 Å². The summed E-state index contributed by atoms with van der Waals surface area (Å²) in [6, 6.07) is -0.318. The summed E-state index contributed by atoms with van der Waals surface area (Å²) < 4.78 is 4.65. The molecule has 0 fully saturated rings. The van der Waals surface area contributed by atoms with E-state index in [-0.39, 0.29) is 6.03 Å². The Bertz CT molecular complexity index is 141. The Kier molecular flexibility index (Phi) is 1.15. The minimum absolute atomic E-state index is 0.318. The minimum Gasteiger partial charge on any atom is -0.483 e. The molecule has 8 heavy (non-hydrogen) atoms. The quantitative estimate of drug-likeness (QED) is 0.472. The van der Waals surface area contributed by atoms with E-state index < -0.39 is 0 Å². The number of urea groups is 1. The molecule has 0 aromatic heterocycles. The van der Waals surface area contributed by atoms with Crippen LogP contribution in [0.15, 0.2) is 4.99 Å². The maximum absolute atomic E-state index is 10.2. The van der Waals surface area contributed by atoms with Crippen molar-refractivity contribution >= 4 is 11.9 Å². The normalized spacial score (nSPS) is 17.6. The number of carbonyl (C=O) groups excluding carboxylic acids is 1. The predicted molar refractivity (Wildman–Crippen MR) is 27.8 cm³/mol. The van der Waals surface area contributed by atoms with Crippen LogP contribution >= 0.6 is 0 Å². The monoisotopic (exact) mass is 114 g/mol. The fraction of sp³-hybridized carbons (Fsp3) is 0.500. The van der Waals surface area contributed by atoms with Crippen LogP contribution in [-0.2, 0) is 4.74 Å². The molecule has 1 aliphatic rings. The van der Waals surface area contributed by atoms with Gasteiger partial charge in [-0.05, 0) is 0 Å². The molecule has 0 aromatic carbocycles. The first-order valence-corrected chi connectivity index (χ1v) is 2.22. The number of aliphatic imine (C=N–C) groups is 1. The Morgan fingerprint density at radius 2 is 2.62 bits per heavy atom. The van der Waals surface area contributed by atoms with E-state index in [1.165, 1.54) is 7.11 Å². The third kappa shape index (κ3) is 0.776. The van der Waals surface area contributed by atoms with Crippen molar-refractivity contribution in [2.24, 2.45) is 4.99 Å². The molecule has 4 heteroatoms. The van der Waals surface area contributed by atoms with Crippen LogP contribution in [0.4, 0.5) is 4.79 Å². The number of nitrogens with one attached hydrogen (secondary N) is 1. The Hall–Kier alpha value is -1.06. The van der Waals surface area contributed by atoms with Gasteiger partial charge in [-0.15, -0.1) is 0 Å². The van der Waals surface area contributed by atoms with Gasteiger partial charge in [-0.2, -0.15) is 4.99 Å². The van der Waals surface area contributed by atoms with Gasteiger partial charge in [0.2, 0.25) is 5.90 Å². The zero-order valence-electron chi connectivity index (χ0n) is 4.47. The van der Waals surface area contributed by atoms with Crippen LogP contribution in [0.2, 0.25) is 0 Å². The van der Waals surface area contributed by atoms with Crippen LogP contribution < -0.4 is 5.32 Å². The van der Waals surface area contributed by atoms with Crippen molar-refractivity contribution in [1.82, 2.24) is 5.32 Å². The Morgan fingerprint density at radius 1 is 1.88 bits per heavy atom. The smallest absolute Gasteiger partial charge is 0.344 e. The van der Waals surface area contributed by atoms with Gasteiger partial charge in [0, 0.05) is 0 Å². The molecule has 0 radical (unpaired) electrons. The zero-order chi connectivity index (χ0) is 5.98. The van der Waals surface area contributed by atoms with Crippen molar-refractivity contribution in [2.45, 2.75) is 0 Å². The van der Waals surface area contributed by atoms with Gasteiger partial charge in [0.05, 0.1) is 13.7 Å². The molecule has 0 unspecified atom stereocenters. The summed E-state index contributed by atoms with van der Waals surface area (Å²) >= 11 is 0. The molecule has 0 atom stereocenters. The van der Waals surface area contributed by atoms with Crippen molar-refractivity contribution in [3.63, 3.8) is 0 Å². The first-order chi connectivity index (χ1) is 3.83. The number of hydrogen-bond acceptors (Lipinski definition) is 2. The lowest BCUT2D eigenvalue weighted by Gasteiger charge is -1.90. The van der Waals surface area contributed by atoms with Crippen molar-refractivity contribution in [1.29, 1.82) is 0 Å². The number of hydrogen-bond donors (Lipinski definition) is 1. The Morgan fingerprint density at radius 3 is 2.88 bits per heavy atom. The summed E-state index contributed by atoms with van der Waals surface area (Å²) in [6.45, 7) is 0.426. The van der Waals surface area contributed by atoms with E-state index in [9.17, 15) is 4.79 Å². The molecule has 0 saturated heterocycles. The summed E-state index contributed by atoms with van der Waals surface area (Å²) in [5.41, 5.74) is 0. The van der Waals surface area contributed by atoms with Crippen LogP contribution in [0.5, 0.6) is 0 Å². The van der Waals surface area contributed by atoms with Gasteiger partial charge >= 0.3 is 6.03 Å². The van der Waals surface area contributed by atoms with Crippen molar-refractivity contribution in [2.75, 3.05) is 13.7 Å². The lowest BCUT2D eigenvalue weighted by atomic mass is 10.7. The van der Waals surface area contributed by atoms with E-state index in [0.29, 0.717) is 12.4 Å². The molecule has 44 valence electrons. The second-order valence-corrected chi connectivity index (χ2v) is 1.37. The van der Waals surface area contributed by atoms with Crippen LogP contribution in [0.3, 0.4) is 0 Å². The van der Waals surface area contributed by atoms with Gasteiger partial charge in [0.15, 0.2) is 0 Å². The van der Waals surface area contributed by atoms with E-state index in [2.05, 4.69) is 15.0 Å². The molecule has 0 aromatic rings. The fourth-order valence-corrected chi connectivity index (χ4v) is 0.461. The molecule has 0 bridgehead atoms. The SMILES string of the molecule is COC1=NC(=O)NC1.